The zero-order valence-corrected chi connectivity index (χ0v) is 6.72. The normalized spacial score (nSPS) is 22.5. The lowest BCUT2D eigenvalue weighted by atomic mass is 10.1. The van der Waals surface area contributed by atoms with E-state index in [0.29, 0.717) is 0 Å². The molecule has 0 bridgehead atoms. The van der Waals surface area contributed by atoms with Gasteiger partial charge in [-0.15, -0.1) is 0 Å². The van der Waals surface area contributed by atoms with Crippen molar-refractivity contribution in [3.05, 3.63) is 60.3 Å². The van der Waals surface area contributed by atoms with Gasteiger partial charge in [-0.05, 0) is 17.8 Å². The minimum atomic E-state index is 0.0613. The number of nitrogens with one attached hydrogen (secondary N) is 1. The second-order valence-electron chi connectivity index (χ2n) is 2.73. The first-order chi connectivity index (χ1) is 6.38. The van der Waals surface area contributed by atoms with E-state index >= 15 is 0 Å². The van der Waals surface area contributed by atoms with E-state index in [2.05, 4.69) is 0 Å². The molecule has 1 atom stereocenters. The molecule has 1 aliphatic heterocycles. The van der Waals surface area contributed by atoms with Crippen LogP contribution in [0.2, 0.25) is 1.41 Å². The monoisotopic (exact) mass is 158 g/mol. The van der Waals surface area contributed by atoms with E-state index in [1.165, 1.54) is 5.31 Å². The standard InChI is InChI=1S/C11H11N/c1-2-6-10(7-3-1)11-8-4-5-9-12-11/h1-9,11-12H/i/hD. The van der Waals surface area contributed by atoms with Crippen LogP contribution in [0.3, 0.4) is 0 Å². The molecule has 0 radical (unpaired) electrons. The SMILES string of the molecule is [2H]N1C=CC=CC1c1ccccc1. The van der Waals surface area contributed by atoms with E-state index in [-0.39, 0.29) is 6.04 Å². The molecule has 0 aromatic heterocycles. The topological polar surface area (TPSA) is 12.0 Å². The molecule has 1 aromatic carbocycles. The van der Waals surface area contributed by atoms with Crippen LogP contribution in [0.5, 0.6) is 0 Å². The summed E-state index contributed by atoms with van der Waals surface area (Å²) in [6.07, 6.45) is 7.62. The minimum Gasteiger partial charge on any atom is -0.381 e. The van der Waals surface area contributed by atoms with Gasteiger partial charge in [0.15, 0.2) is 1.41 Å². The molecule has 1 nitrogen and oxygen atoms in total. The van der Waals surface area contributed by atoms with E-state index in [1.807, 2.05) is 48.6 Å². The summed E-state index contributed by atoms with van der Waals surface area (Å²) in [5, 5.41) is 1.45. The molecule has 2 rings (SSSR count). The molecule has 0 saturated carbocycles. The van der Waals surface area contributed by atoms with Gasteiger partial charge in [-0.1, -0.05) is 42.5 Å². The van der Waals surface area contributed by atoms with Crippen LogP contribution in [0.15, 0.2) is 54.8 Å². The third kappa shape index (κ3) is 1.40. The van der Waals surface area contributed by atoms with Crippen LogP contribution >= 0.6 is 0 Å². The Hall–Kier alpha value is -1.50. The summed E-state index contributed by atoms with van der Waals surface area (Å²) in [6.45, 7) is 0. The van der Waals surface area contributed by atoms with Gasteiger partial charge in [0.1, 0.15) is 0 Å². The minimum absolute atomic E-state index is 0.0613. The molecule has 0 fully saturated rings. The Kier molecular flexibility index (Phi) is 1.65. The van der Waals surface area contributed by atoms with Crippen molar-refractivity contribution in [2.45, 2.75) is 6.04 Å². The lowest BCUT2D eigenvalue weighted by Crippen LogP contribution is -2.14. The molecule has 1 aromatic rings. The smallest absolute Gasteiger partial charge is 0.160 e. The third-order valence-corrected chi connectivity index (χ3v) is 1.88. The summed E-state index contributed by atoms with van der Waals surface area (Å²) in [4.78, 5) is 0. The van der Waals surface area contributed by atoms with Crippen molar-refractivity contribution >= 4 is 0 Å². The second-order valence-corrected chi connectivity index (χ2v) is 2.73. The Morgan fingerprint density at radius 2 is 2.00 bits per heavy atom. The second kappa shape index (κ2) is 3.26. The van der Waals surface area contributed by atoms with Crippen LogP contribution < -0.4 is 5.31 Å². The van der Waals surface area contributed by atoms with Crippen molar-refractivity contribution in [2.24, 2.45) is 0 Å². The first-order valence-corrected chi connectivity index (χ1v) is 4.05. The fourth-order valence-corrected chi connectivity index (χ4v) is 1.26. The van der Waals surface area contributed by atoms with E-state index in [1.54, 1.807) is 6.20 Å². The molecule has 0 amide bonds. The van der Waals surface area contributed by atoms with Crippen LogP contribution in [-0.4, -0.2) is 0 Å². The van der Waals surface area contributed by atoms with Gasteiger partial charge in [-0.25, -0.2) is 0 Å². The first kappa shape index (κ1) is 6.06. The van der Waals surface area contributed by atoms with E-state index < -0.39 is 0 Å². The average molecular weight is 158 g/mol. The summed E-state index contributed by atoms with van der Waals surface area (Å²) < 4.78 is 7.66. The summed E-state index contributed by atoms with van der Waals surface area (Å²) in [7, 11) is 0. The van der Waals surface area contributed by atoms with Gasteiger partial charge in [0.05, 0.1) is 6.04 Å². The Labute approximate surface area is 73.9 Å². The maximum Gasteiger partial charge on any atom is 0.160 e. The summed E-state index contributed by atoms with van der Waals surface area (Å²) in [6, 6.07) is 10.1. The number of dihydropyridines is 1. The van der Waals surface area contributed by atoms with Crippen LogP contribution in [-0.2, 0) is 0 Å². The maximum absolute atomic E-state index is 7.66. The molecule has 0 aliphatic carbocycles. The van der Waals surface area contributed by atoms with Gasteiger partial charge < -0.3 is 5.31 Å². The Balaban J connectivity index is 2.27. The van der Waals surface area contributed by atoms with E-state index in [0.717, 1.165) is 5.56 Å². The van der Waals surface area contributed by atoms with Crippen LogP contribution in [0.1, 0.15) is 11.6 Å². The van der Waals surface area contributed by atoms with Crippen molar-refractivity contribution in [3.8, 4) is 0 Å². The predicted octanol–water partition coefficient (Wildman–Crippen LogP) is 2.40. The molecular formula is C11H11N. The summed E-state index contributed by atoms with van der Waals surface area (Å²) in [5.74, 6) is 0. The number of benzene rings is 1. The first-order valence-electron chi connectivity index (χ1n) is 4.50. The van der Waals surface area contributed by atoms with Crippen molar-refractivity contribution in [3.63, 3.8) is 0 Å². The van der Waals surface area contributed by atoms with E-state index in [4.69, 9.17) is 1.41 Å². The molecule has 0 saturated heterocycles. The molecular weight excluding hydrogens is 146 g/mol. The number of hydrogen-bond donors (Lipinski definition) is 1. The molecule has 0 spiro atoms. The largest absolute Gasteiger partial charge is 0.381 e. The highest BCUT2D eigenvalue weighted by atomic mass is 14.9. The average Bonchev–Trinajstić information content (AvgIpc) is 2.20. The number of hydrogen-bond acceptors (Lipinski definition) is 1. The van der Waals surface area contributed by atoms with Gasteiger partial charge in [0.2, 0.25) is 0 Å². The highest BCUT2D eigenvalue weighted by molar-refractivity contribution is 5.26. The van der Waals surface area contributed by atoms with Crippen molar-refractivity contribution in [1.29, 1.82) is 0 Å². The predicted molar refractivity (Wildman–Crippen MR) is 50.6 cm³/mol. The highest BCUT2D eigenvalue weighted by Gasteiger charge is 2.04. The third-order valence-electron chi connectivity index (χ3n) is 1.88. The number of allylic oxidation sites excluding steroid dienone is 2. The molecule has 1 unspecified atom stereocenters. The van der Waals surface area contributed by atoms with Crippen LogP contribution in [0.25, 0.3) is 0 Å². The zero-order valence-electron chi connectivity index (χ0n) is 7.72. The van der Waals surface area contributed by atoms with Gasteiger partial charge >= 0.3 is 0 Å². The molecule has 12 heavy (non-hydrogen) atoms. The van der Waals surface area contributed by atoms with Crippen molar-refractivity contribution < 1.29 is 1.41 Å². The quantitative estimate of drug-likeness (QED) is 0.661. The lowest BCUT2D eigenvalue weighted by molar-refractivity contribution is 0.746. The Morgan fingerprint density at radius 3 is 2.75 bits per heavy atom. The van der Waals surface area contributed by atoms with E-state index in [9.17, 15) is 0 Å². The summed E-state index contributed by atoms with van der Waals surface area (Å²) >= 11 is 0. The molecule has 60 valence electrons. The molecule has 1 heteroatoms. The Bertz CT molecular complexity index is 329. The van der Waals surface area contributed by atoms with Crippen molar-refractivity contribution in [2.75, 3.05) is 0 Å². The number of rotatable bonds is 1. The van der Waals surface area contributed by atoms with Gasteiger partial charge in [0, 0.05) is 0 Å². The van der Waals surface area contributed by atoms with Gasteiger partial charge in [-0.3, -0.25) is 0 Å². The maximum atomic E-state index is 7.66. The Morgan fingerprint density at radius 1 is 1.17 bits per heavy atom. The lowest BCUT2D eigenvalue weighted by Gasteiger charge is -2.15. The fourth-order valence-electron chi connectivity index (χ4n) is 1.26. The van der Waals surface area contributed by atoms with Crippen LogP contribution in [0.4, 0.5) is 0 Å². The fraction of sp³-hybridized carbons (Fsp3) is 0.0909. The van der Waals surface area contributed by atoms with Crippen molar-refractivity contribution in [1.82, 2.24) is 5.31 Å². The molecule has 1 heterocycles. The summed E-state index contributed by atoms with van der Waals surface area (Å²) in [5.41, 5.74) is 1.15. The van der Waals surface area contributed by atoms with Crippen LogP contribution in [0, 0.1) is 0 Å². The van der Waals surface area contributed by atoms with Gasteiger partial charge in [0.25, 0.3) is 0 Å². The zero-order chi connectivity index (χ0) is 9.10. The molecule has 1 aliphatic rings. The highest BCUT2D eigenvalue weighted by Crippen LogP contribution is 2.15. The van der Waals surface area contributed by atoms with Gasteiger partial charge in [-0.2, -0.15) is 0 Å². The molecule has 1 N–H and O–H groups in total.